The van der Waals surface area contributed by atoms with Gasteiger partial charge < -0.3 is 5.32 Å². The van der Waals surface area contributed by atoms with E-state index in [2.05, 4.69) is 34.6 Å². The number of aromatic nitrogens is 3. The first-order valence-electron chi connectivity index (χ1n) is 5.77. The third kappa shape index (κ3) is 2.91. The summed E-state index contributed by atoms with van der Waals surface area (Å²) < 4.78 is 1.87. The van der Waals surface area contributed by atoms with E-state index >= 15 is 0 Å². The van der Waals surface area contributed by atoms with Crippen molar-refractivity contribution in [2.45, 2.75) is 26.3 Å². The first kappa shape index (κ1) is 12.2. The van der Waals surface area contributed by atoms with Crippen LogP contribution in [0, 0.1) is 6.92 Å². The summed E-state index contributed by atoms with van der Waals surface area (Å²) in [7, 11) is 0. The molecular formula is C12H18N4S. The van der Waals surface area contributed by atoms with Crippen LogP contribution in [0.2, 0.25) is 0 Å². The summed E-state index contributed by atoms with van der Waals surface area (Å²) in [6, 6.07) is 2.48. The zero-order valence-electron chi connectivity index (χ0n) is 10.5. The fourth-order valence-corrected chi connectivity index (χ4v) is 2.34. The largest absolute Gasteiger partial charge is 0.366 e. The lowest BCUT2D eigenvalue weighted by Gasteiger charge is -2.14. The molecule has 4 nitrogen and oxygen atoms in total. The summed E-state index contributed by atoms with van der Waals surface area (Å²) in [6.07, 6.45) is 6.92. The Morgan fingerprint density at radius 1 is 1.53 bits per heavy atom. The van der Waals surface area contributed by atoms with Gasteiger partial charge in [-0.3, -0.25) is 0 Å². The van der Waals surface area contributed by atoms with Gasteiger partial charge in [-0.05, 0) is 38.3 Å². The standard InChI is InChI=1S/C12H18N4S/c1-9(4-7-17-3)14-12-11-8-10(2)15-16(11)6-5-13-12/h5-6,8-9H,4,7H2,1-3H3,(H,13,14). The maximum absolute atomic E-state index is 4.39. The highest BCUT2D eigenvalue weighted by atomic mass is 32.2. The second kappa shape index (κ2) is 5.40. The zero-order chi connectivity index (χ0) is 12.3. The predicted octanol–water partition coefficient (Wildman–Crippen LogP) is 2.59. The molecule has 2 aromatic heterocycles. The van der Waals surface area contributed by atoms with Gasteiger partial charge in [0.2, 0.25) is 0 Å². The minimum atomic E-state index is 0.427. The number of hydrogen-bond donors (Lipinski definition) is 1. The molecule has 1 N–H and O–H groups in total. The van der Waals surface area contributed by atoms with E-state index in [0.29, 0.717) is 6.04 Å². The summed E-state index contributed by atoms with van der Waals surface area (Å²) >= 11 is 1.87. The molecule has 0 spiro atoms. The Labute approximate surface area is 106 Å². The van der Waals surface area contributed by atoms with E-state index < -0.39 is 0 Å². The number of nitrogens with zero attached hydrogens (tertiary/aromatic N) is 3. The Morgan fingerprint density at radius 2 is 2.35 bits per heavy atom. The van der Waals surface area contributed by atoms with Crippen LogP contribution in [0.5, 0.6) is 0 Å². The number of anilines is 1. The molecule has 17 heavy (non-hydrogen) atoms. The lowest BCUT2D eigenvalue weighted by molar-refractivity contribution is 0.766. The fraction of sp³-hybridized carbons (Fsp3) is 0.500. The molecule has 0 fully saturated rings. The predicted molar refractivity (Wildman–Crippen MR) is 73.8 cm³/mol. The molecule has 5 heteroatoms. The van der Waals surface area contributed by atoms with Crippen molar-refractivity contribution in [3.05, 3.63) is 24.2 Å². The number of aryl methyl sites for hydroxylation is 1. The number of thioether (sulfide) groups is 1. The van der Waals surface area contributed by atoms with Gasteiger partial charge in [-0.15, -0.1) is 0 Å². The third-order valence-corrected chi connectivity index (χ3v) is 3.29. The van der Waals surface area contributed by atoms with Gasteiger partial charge in [0.15, 0.2) is 5.82 Å². The molecule has 0 aromatic carbocycles. The van der Waals surface area contributed by atoms with Crippen LogP contribution in [0.3, 0.4) is 0 Å². The van der Waals surface area contributed by atoms with Crippen molar-refractivity contribution in [3.8, 4) is 0 Å². The van der Waals surface area contributed by atoms with Crippen molar-refractivity contribution in [3.63, 3.8) is 0 Å². The molecule has 0 amide bonds. The van der Waals surface area contributed by atoms with Crippen LogP contribution in [0.4, 0.5) is 5.82 Å². The lowest BCUT2D eigenvalue weighted by atomic mass is 10.2. The van der Waals surface area contributed by atoms with Gasteiger partial charge in [-0.2, -0.15) is 16.9 Å². The van der Waals surface area contributed by atoms with Gasteiger partial charge in [-0.25, -0.2) is 9.50 Å². The van der Waals surface area contributed by atoms with E-state index in [-0.39, 0.29) is 0 Å². The van der Waals surface area contributed by atoms with Crippen LogP contribution in [0.1, 0.15) is 19.0 Å². The van der Waals surface area contributed by atoms with Crippen molar-refractivity contribution in [1.82, 2.24) is 14.6 Å². The maximum Gasteiger partial charge on any atom is 0.152 e. The molecule has 1 unspecified atom stereocenters. The van der Waals surface area contributed by atoms with E-state index in [1.165, 1.54) is 0 Å². The minimum Gasteiger partial charge on any atom is -0.366 e. The first-order chi connectivity index (χ1) is 8.20. The van der Waals surface area contributed by atoms with E-state index in [1.807, 2.05) is 29.4 Å². The molecule has 0 saturated heterocycles. The van der Waals surface area contributed by atoms with Gasteiger partial charge in [0.25, 0.3) is 0 Å². The summed E-state index contributed by atoms with van der Waals surface area (Å²) in [6.45, 7) is 4.18. The van der Waals surface area contributed by atoms with Crippen molar-refractivity contribution < 1.29 is 0 Å². The fourth-order valence-electron chi connectivity index (χ4n) is 1.76. The molecule has 0 bridgehead atoms. The van der Waals surface area contributed by atoms with E-state index in [4.69, 9.17) is 0 Å². The van der Waals surface area contributed by atoms with Crippen LogP contribution < -0.4 is 5.32 Å². The second-order valence-corrected chi connectivity index (χ2v) is 5.20. The average molecular weight is 250 g/mol. The Balaban J connectivity index is 2.17. The van der Waals surface area contributed by atoms with E-state index in [9.17, 15) is 0 Å². The first-order valence-corrected chi connectivity index (χ1v) is 7.16. The molecule has 2 rings (SSSR count). The molecule has 0 saturated carbocycles. The SMILES string of the molecule is CSCCC(C)Nc1nccn2nc(C)cc12. The van der Waals surface area contributed by atoms with Gasteiger partial charge in [0, 0.05) is 18.4 Å². The molecule has 0 aliphatic rings. The summed E-state index contributed by atoms with van der Waals surface area (Å²) in [4.78, 5) is 4.39. The number of fused-ring (bicyclic) bond motifs is 1. The molecule has 2 aromatic rings. The van der Waals surface area contributed by atoms with E-state index in [0.717, 1.165) is 29.2 Å². The molecule has 0 aliphatic heterocycles. The van der Waals surface area contributed by atoms with Crippen molar-refractivity contribution in [1.29, 1.82) is 0 Å². The van der Waals surface area contributed by atoms with Crippen LogP contribution in [-0.4, -0.2) is 32.6 Å². The van der Waals surface area contributed by atoms with Gasteiger partial charge in [-0.1, -0.05) is 0 Å². The Morgan fingerprint density at radius 3 is 3.12 bits per heavy atom. The Kier molecular flexibility index (Phi) is 3.89. The van der Waals surface area contributed by atoms with Crippen molar-refractivity contribution in [2.24, 2.45) is 0 Å². The number of rotatable bonds is 5. The molecule has 0 aliphatic carbocycles. The smallest absolute Gasteiger partial charge is 0.152 e. The third-order valence-electron chi connectivity index (χ3n) is 2.65. The molecule has 2 heterocycles. The number of hydrogen-bond acceptors (Lipinski definition) is 4. The monoisotopic (exact) mass is 250 g/mol. The van der Waals surface area contributed by atoms with Crippen molar-refractivity contribution >= 4 is 23.1 Å². The highest BCUT2D eigenvalue weighted by molar-refractivity contribution is 7.98. The minimum absolute atomic E-state index is 0.427. The van der Waals surface area contributed by atoms with Crippen molar-refractivity contribution in [2.75, 3.05) is 17.3 Å². The normalized spacial score (nSPS) is 12.9. The maximum atomic E-state index is 4.39. The van der Waals surface area contributed by atoms with Gasteiger partial charge >= 0.3 is 0 Å². The van der Waals surface area contributed by atoms with E-state index in [1.54, 1.807) is 6.20 Å². The molecule has 92 valence electrons. The lowest BCUT2D eigenvalue weighted by Crippen LogP contribution is -2.17. The van der Waals surface area contributed by atoms with Crippen LogP contribution >= 0.6 is 11.8 Å². The second-order valence-electron chi connectivity index (χ2n) is 4.22. The summed E-state index contributed by atoms with van der Waals surface area (Å²) in [5.41, 5.74) is 2.05. The highest BCUT2D eigenvalue weighted by Gasteiger charge is 2.08. The summed E-state index contributed by atoms with van der Waals surface area (Å²) in [5.74, 6) is 2.08. The molecule has 0 radical (unpaired) electrons. The Bertz CT molecular complexity index is 494. The number of nitrogens with one attached hydrogen (secondary N) is 1. The quantitative estimate of drug-likeness (QED) is 0.885. The average Bonchev–Trinajstić information content (AvgIpc) is 2.68. The van der Waals surface area contributed by atoms with Crippen LogP contribution in [0.15, 0.2) is 18.5 Å². The Hall–Kier alpha value is -1.23. The van der Waals surface area contributed by atoms with Crippen LogP contribution in [-0.2, 0) is 0 Å². The zero-order valence-corrected chi connectivity index (χ0v) is 11.3. The van der Waals surface area contributed by atoms with Crippen LogP contribution in [0.25, 0.3) is 5.52 Å². The molecule has 1 atom stereocenters. The molecular weight excluding hydrogens is 232 g/mol. The van der Waals surface area contributed by atoms with Gasteiger partial charge in [0.05, 0.1) is 5.69 Å². The highest BCUT2D eigenvalue weighted by Crippen LogP contribution is 2.16. The topological polar surface area (TPSA) is 42.2 Å². The summed E-state index contributed by atoms with van der Waals surface area (Å²) in [5, 5.41) is 7.82. The van der Waals surface area contributed by atoms with Gasteiger partial charge in [0.1, 0.15) is 5.52 Å².